The van der Waals surface area contributed by atoms with Crippen LogP contribution in [-0.2, 0) is 4.74 Å². The molecule has 0 bridgehead atoms. The van der Waals surface area contributed by atoms with Crippen LogP contribution in [0.2, 0.25) is 0 Å². The van der Waals surface area contributed by atoms with Gasteiger partial charge >= 0.3 is 0 Å². The summed E-state index contributed by atoms with van der Waals surface area (Å²) < 4.78 is 5.53. The summed E-state index contributed by atoms with van der Waals surface area (Å²) in [6.45, 7) is 14.4. The van der Waals surface area contributed by atoms with E-state index >= 15 is 0 Å². The Morgan fingerprint density at radius 1 is 1.11 bits per heavy atom. The molecule has 3 heteroatoms. The Morgan fingerprint density at radius 3 is 2.42 bits per heavy atom. The molecule has 0 amide bonds. The quantitative estimate of drug-likeness (QED) is 0.552. The summed E-state index contributed by atoms with van der Waals surface area (Å²) in [4.78, 5) is 2.68. The third-order valence-corrected chi connectivity index (χ3v) is 3.58. The van der Waals surface area contributed by atoms with Gasteiger partial charge in [-0.15, -0.1) is 0 Å². The van der Waals surface area contributed by atoms with E-state index in [4.69, 9.17) is 4.74 Å². The fraction of sp³-hybridized carbons (Fsp3) is 1.00. The molecule has 19 heavy (non-hydrogen) atoms. The topological polar surface area (TPSA) is 24.5 Å². The molecule has 1 aliphatic rings. The lowest BCUT2D eigenvalue weighted by atomic mass is 10.1. The van der Waals surface area contributed by atoms with Crippen LogP contribution < -0.4 is 5.32 Å². The Bertz CT molecular complexity index is 215. The highest BCUT2D eigenvalue weighted by Gasteiger charge is 2.28. The zero-order valence-corrected chi connectivity index (χ0v) is 13.5. The second-order valence-electron chi connectivity index (χ2n) is 6.47. The highest BCUT2D eigenvalue weighted by atomic mass is 16.5. The van der Waals surface area contributed by atoms with Crippen molar-refractivity contribution in [1.82, 2.24) is 10.2 Å². The summed E-state index contributed by atoms with van der Waals surface area (Å²) in [5, 5.41) is 3.54. The van der Waals surface area contributed by atoms with Crippen LogP contribution in [0.25, 0.3) is 0 Å². The number of nitrogens with one attached hydrogen (secondary N) is 1. The van der Waals surface area contributed by atoms with Crippen LogP contribution in [0.15, 0.2) is 0 Å². The Labute approximate surface area is 120 Å². The van der Waals surface area contributed by atoms with Crippen LogP contribution in [0, 0.1) is 5.92 Å². The standard InChI is InChI=1S/C16H34N2O/c1-14(2)8-11-18(16-6-7-16)12-10-17-9-5-13-19-15(3)4/h14-17H,5-13H2,1-4H3. The fourth-order valence-electron chi connectivity index (χ4n) is 2.20. The average molecular weight is 270 g/mol. The molecule has 1 fully saturated rings. The molecule has 1 N–H and O–H groups in total. The van der Waals surface area contributed by atoms with E-state index in [1.165, 1.54) is 32.4 Å². The van der Waals surface area contributed by atoms with Crippen molar-refractivity contribution in [2.45, 2.75) is 65.5 Å². The van der Waals surface area contributed by atoms with Crippen molar-refractivity contribution in [2.75, 3.05) is 32.8 Å². The minimum absolute atomic E-state index is 0.362. The van der Waals surface area contributed by atoms with Crippen molar-refractivity contribution in [1.29, 1.82) is 0 Å². The van der Waals surface area contributed by atoms with E-state index in [2.05, 4.69) is 37.9 Å². The Balaban J connectivity index is 1.96. The van der Waals surface area contributed by atoms with Crippen LogP contribution in [0.5, 0.6) is 0 Å². The van der Waals surface area contributed by atoms with E-state index in [9.17, 15) is 0 Å². The van der Waals surface area contributed by atoms with E-state index in [0.717, 1.165) is 38.1 Å². The first kappa shape index (κ1) is 16.9. The van der Waals surface area contributed by atoms with Gasteiger partial charge in [-0.05, 0) is 58.5 Å². The van der Waals surface area contributed by atoms with Gasteiger partial charge in [0.05, 0.1) is 6.10 Å². The molecular weight excluding hydrogens is 236 g/mol. The highest BCUT2D eigenvalue weighted by Crippen LogP contribution is 2.26. The molecule has 0 spiro atoms. The van der Waals surface area contributed by atoms with Crippen LogP contribution in [-0.4, -0.2) is 49.8 Å². The summed E-state index contributed by atoms with van der Waals surface area (Å²) in [7, 11) is 0. The van der Waals surface area contributed by atoms with E-state index in [1.54, 1.807) is 0 Å². The number of hydrogen-bond donors (Lipinski definition) is 1. The summed E-state index contributed by atoms with van der Waals surface area (Å²) >= 11 is 0. The van der Waals surface area contributed by atoms with Crippen LogP contribution in [0.1, 0.15) is 53.4 Å². The fourth-order valence-corrected chi connectivity index (χ4v) is 2.20. The first-order chi connectivity index (χ1) is 9.09. The van der Waals surface area contributed by atoms with Gasteiger partial charge in [0, 0.05) is 25.7 Å². The summed E-state index contributed by atoms with van der Waals surface area (Å²) in [6.07, 6.45) is 5.65. The maximum atomic E-state index is 5.53. The Kier molecular flexibility index (Phi) is 8.67. The highest BCUT2D eigenvalue weighted by molar-refractivity contribution is 4.84. The summed E-state index contributed by atoms with van der Waals surface area (Å²) in [6, 6.07) is 0.893. The van der Waals surface area contributed by atoms with Gasteiger partial charge in [0.2, 0.25) is 0 Å². The number of nitrogens with zero attached hydrogens (tertiary/aromatic N) is 1. The van der Waals surface area contributed by atoms with Gasteiger partial charge in [0.1, 0.15) is 0 Å². The molecule has 0 radical (unpaired) electrons. The third kappa shape index (κ3) is 9.42. The Morgan fingerprint density at radius 2 is 1.84 bits per heavy atom. The van der Waals surface area contributed by atoms with E-state index in [1.807, 2.05) is 0 Å². The molecule has 0 aromatic heterocycles. The predicted octanol–water partition coefficient (Wildman–Crippen LogP) is 2.90. The number of ether oxygens (including phenoxy) is 1. The molecule has 1 saturated carbocycles. The zero-order chi connectivity index (χ0) is 14.1. The second kappa shape index (κ2) is 9.73. The molecule has 1 rings (SSSR count). The maximum Gasteiger partial charge on any atom is 0.0518 e. The molecule has 0 aliphatic heterocycles. The first-order valence-corrected chi connectivity index (χ1v) is 8.16. The molecule has 0 saturated heterocycles. The lowest BCUT2D eigenvalue weighted by molar-refractivity contribution is 0.0770. The largest absolute Gasteiger partial charge is 0.379 e. The van der Waals surface area contributed by atoms with Gasteiger partial charge in [-0.3, -0.25) is 4.90 Å². The van der Waals surface area contributed by atoms with Gasteiger partial charge in [-0.25, -0.2) is 0 Å². The van der Waals surface area contributed by atoms with Gasteiger partial charge in [-0.1, -0.05) is 13.8 Å². The van der Waals surface area contributed by atoms with Gasteiger partial charge in [0.25, 0.3) is 0 Å². The van der Waals surface area contributed by atoms with Crippen LogP contribution in [0.4, 0.5) is 0 Å². The van der Waals surface area contributed by atoms with Gasteiger partial charge in [0.15, 0.2) is 0 Å². The van der Waals surface area contributed by atoms with Gasteiger partial charge in [-0.2, -0.15) is 0 Å². The van der Waals surface area contributed by atoms with Gasteiger partial charge < -0.3 is 10.1 Å². The Hall–Kier alpha value is -0.120. The molecule has 114 valence electrons. The van der Waals surface area contributed by atoms with E-state index in [0.29, 0.717) is 6.10 Å². The average Bonchev–Trinajstić information content (AvgIpc) is 3.15. The minimum Gasteiger partial charge on any atom is -0.379 e. The SMILES string of the molecule is CC(C)CCN(CCNCCCOC(C)C)C1CC1. The molecule has 0 aromatic rings. The van der Waals surface area contributed by atoms with Crippen molar-refractivity contribution in [3.63, 3.8) is 0 Å². The number of hydrogen-bond acceptors (Lipinski definition) is 3. The molecule has 0 heterocycles. The van der Waals surface area contributed by atoms with E-state index < -0.39 is 0 Å². The third-order valence-electron chi connectivity index (χ3n) is 3.58. The van der Waals surface area contributed by atoms with Crippen LogP contribution >= 0.6 is 0 Å². The minimum atomic E-state index is 0.362. The van der Waals surface area contributed by atoms with Crippen molar-refractivity contribution in [3.8, 4) is 0 Å². The lowest BCUT2D eigenvalue weighted by Crippen LogP contribution is -2.35. The molecule has 1 aliphatic carbocycles. The molecule has 0 aromatic carbocycles. The second-order valence-corrected chi connectivity index (χ2v) is 6.47. The smallest absolute Gasteiger partial charge is 0.0518 e. The predicted molar refractivity (Wildman–Crippen MR) is 82.6 cm³/mol. The summed E-state index contributed by atoms with van der Waals surface area (Å²) in [5.41, 5.74) is 0. The lowest BCUT2D eigenvalue weighted by Gasteiger charge is -2.23. The normalized spacial score (nSPS) is 15.9. The number of rotatable bonds is 12. The molecule has 3 nitrogen and oxygen atoms in total. The summed E-state index contributed by atoms with van der Waals surface area (Å²) in [5.74, 6) is 0.822. The van der Waals surface area contributed by atoms with Crippen molar-refractivity contribution >= 4 is 0 Å². The van der Waals surface area contributed by atoms with Crippen LogP contribution in [0.3, 0.4) is 0 Å². The monoisotopic (exact) mass is 270 g/mol. The van der Waals surface area contributed by atoms with Crippen molar-refractivity contribution in [2.24, 2.45) is 5.92 Å². The molecule has 0 atom stereocenters. The maximum absolute atomic E-state index is 5.53. The molecule has 0 unspecified atom stereocenters. The zero-order valence-electron chi connectivity index (χ0n) is 13.5. The molecular formula is C16H34N2O. The van der Waals surface area contributed by atoms with E-state index in [-0.39, 0.29) is 0 Å². The first-order valence-electron chi connectivity index (χ1n) is 8.16. The van der Waals surface area contributed by atoms with Crippen molar-refractivity contribution < 1.29 is 4.74 Å². The van der Waals surface area contributed by atoms with Crippen molar-refractivity contribution in [3.05, 3.63) is 0 Å².